The second kappa shape index (κ2) is 7.26. The summed E-state index contributed by atoms with van der Waals surface area (Å²) in [6.45, 7) is 0.412. The molecule has 0 saturated carbocycles. The first kappa shape index (κ1) is 14.8. The largest absolute Gasteiger partial charge is 0.489 e. The van der Waals surface area contributed by atoms with Crippen LogP contribution in [0.3, 0.4) is 0 Å². The number of esters is 1. The average Bonchev–Trinajstić information content (AvgIpc) is 2.46. The molecule has 2 rings (SSSR count). The van der Waals surface area contributed by atoms with E-state index < -0.39 is 5.97 Å². The molecule has 0 fully saturated rings. The third-order valence-electron chi connectivity index (χ3n) is 2.37. The predicted octanol–water partition coefficient (Wildman–Crippen LogP) is 3.73. The summed E-state index contributed by atoms with van der Waals surface area (Å²) >= 11 is 9.17. The lowest BCUT2D eigenvalue weighted by Crippen LogP contribution is -2.12. The molecule has 0 N–H and O–H groups in total. The third kappa shape index (κ3) is 4.21. The quantitative estimate of drug-likeness (QED) is 0.605. The fraction of sp³-hybridized carbons (Fsp3) is 0.143. The van der Waals surface area contributed by atoms with Crippen molar-refractivity contribution in [2.75, 3.05) is 13.2 Å². The smallest absolute Gasteiger partial charge is 0.339 e. The first-order chi connectivity index (χ1) is 9.66. The lowest BCUT2D eigenvalue weighted by Gasteiger charge is -2.09. The Balaban J connectivity index is 1.78. The van der Waals surface area contributed by atoms with Crippen LogP contribution in [0.25, 0.3) is 0 Å². The summed E-state index contributed by atoms with van der Waals surface area (Å²) in [4.78, 5) is 15.5. The molecular weight excluding hydrogens is 346 g/mol. The Hall–Kier alpha value is -1.59. The summed E-state index contributed by atoms with van der Waals surface area (Å²) in [5.41, 5.74) is 0.417. The maximum Gasteiger partial charge on any atom is 0.339 e. The van der Waals surface area contributed by atoms with Gasteiger partial charge < -0.3 is 9.47 Å². The molecule has 2 aromatic rings. The first-order valence-corrected chi connectivity index (χ1v) is 6.99. The number of ether oxygens (including phenoxy) is 2. The van der Waals surface area contributed by atoms with E-state index >= 15 is 0 Å². The van der Waals surface area contributed by atoms with Crippen molar-refractivity contribution in [2.24, 2.45) is 0 Å². The van der Waals surface area contributed by atoms with Crippen LogP contribution in [0.5, 0.6) is 5.75 Å². The highest BCUT2D eigenvalue weighted by Crippen LogP contribution is 2.27. The van der Waals surface area contributed by atoms with Crippen LogP contribution in [0.15, 0.2) is 47.2 Å². The minimum absolute atomic E-state index is 0.156. The van der Waals surface area contributed by atoms with Crippen LogP contribution in [-0.2, 0) is 4.74 Å². The summed E-state index contributed by atoms with van der Waals surface area (Å²) in [5.74, 6) is 0.226. The van der Waals surface area contributed by atoms with Gasteiger partial charge in [0.25, 0.3) is 0 Å². The molecule has 0 aliphatic carbocycles. The molecule has 0 unspecified atom stereocenters. The Morgan fingerprint density at radius 3 is 2.85 bits per heavy atom. The van der Waals surface area contributed by atoms with Crippen molar-refractivity contribution < 1.29 is 14.3 Å². The van der Waals surface area contributed by atoms with Crippen molar-refractivity contribution in [3.63, 3.8) is 0 Å². The number of hydrogen-bond donors (Lipinski definition) is 0. The monoisotopic (exact) mass is 355 g/mol. The van der Waals surface area contributed by atoms with E-state index in [9.17, 15) is 4.79 Å². The van der Waals surface area contributed by atoms with Crippen LogP contribution in [0, 0.1) is 0 Å². The molecule has 104 valence electrons. The van der Waals surface area contributed by atoms with Crippen LogP contribution < -0.4 is 4.74 Å². The Bertz CT molecular complexity index is 592. The predicted molar refractivity (Wildman–Crippen MR) is 79.2 cm³/mol. The summed E-state index contributed by atoms with van der Waals surface area (Å²) < 4.78 is 11.3. The molecule has 20 heavy (non-hydrogen) atoms. The van der Waals surface area contributed by atoms with Gasteiger partial charge in [-0.1, -0.05) is 11.6 Å². The molecule has 1 aromatic heterocycles. The van der Waals surface area contributed by atoms with E-state index in [1.807, 2.05) is 0 Å². The number of hydrogen-bond acceptors (Lipinski definition) is 4. The van der Waals surface area contributed by atoms with Gasteiger partial charge in [-0.3, -0.25) is 4.98 Å². The summed E-state index contributed by atoms with van der Waals surface area (Å²) in [6, 6.07) is 8.53. The van der Waals surface area contributed by atoms with Gasteiger partial charge in [0.05, 0.1) is 10.0 Å². The van der Waals surface area contributed by atoms with Gasteiger partial charge in [0.2, 0.25) is 0 Å². The van der Waals surface area contributed by atoms with Crippen molar-refractivity contribution in [2.45, 2.75) is 0 Å². The van der Waals surface area contributed by atoms with Crippen LogP contribution in [0.4, 0.5) is 0 Å². The van der Waals surface area contributed by atoms with Crippen molar-refractivity contribution in [3.05, 3.63) is 57.8 Å². The van der Waals surface area contributed by atoms with Crippen LogP contribution >= 0.6 is 27.5 Å². The van der Waals surface area contributed by atoms with Crippen LogP contribution in [0.2, 0.25) is 5.02 Å². The number of benzene rings is 1. The molecule has 4 nitrogen and oxygen atoms in total. The van der Waals surface area contributed by atoms with Crippen molar-refractivity contribution in [1.82, 2.24) is 4.98 Å². The van der Waals surface area contributed by atoms with Crippen molar-refractivity contribution >= 4 is 33.5 Å². The Labute approximate surface area is 129 Å². The third-order valence-corrected chi connectivity index (χ3v) is 3.22. The number of rotatable bonds is 5. The number of pyridine rings is 1. The molecule has 0 spiro atoms. The Kier molecular flexibility index (Phi) is 5.38. The molecule has 0 aliphatic rings. The van der Waals surface area contributed by atoms with E-state index in [4.69, 9.17) is 21.1 Å². The maximum atomic E-state index is 11.6. The highest BCUT2D eigenvalue weighted by atomic mass is 79.9. The SMILES string of the molecule is O=C(OCCOc1ccc(Cl)cc1Br)c1cccnc1. The van der Waals surface area contributed by atoms with E-state index in [1.165, 1.54) is 6.20 Å². The maximum absolute atomic E-state index is 11.6. The topological polar surface area (TPSA) is 48.4 Å². The van der Waals surface area contributed by atoms with Gasteiger partial charge in [0.15, 0.2) is 0 Å². The summed E-state index contributed by atoms with van der Waals surface area (Å²) in [6.07, 6.45) is 3.05. The first-order valence-electron chi connectivity index (χ1n) is 5.82. The molecule has 0 radical (unpaired) electrons. The zero-order valence-electron chi connectivity index (χ0n) is 10.4. The molecule has 0 saturated heterocycles. The van der Waals surface area contributed by atoms with Gasteiger partial charge in [0.1, 0.15) is 19.0 Å². The van der Waals surface area contributed by atoms with E-state index in [-0.39, 0.29) is 13.2 Å². The average molecular weight is 357 g/mol. The van der Waals surface area contributed by atoms with E-state index in [0.717, 1.165) is 4.47 Å². The van der Waals surface area contributed by atoms with Crippen molar-refractivity contribution in [1.29, 1.82) is 0 Å². The fourth-order valence-electron chi connectivity index (χ4n) is 1.45. The fourth-order valence-corrected chi connectivity index (χ4v) is 2.24. The number of halogens is 2. The lowest BCUT2D eigenvalue weighted by atomic mass is 10.3. The summed E-state index contributed by atoms with van der Waals surface area (Å²) in [5, 5.41) is 0.618. The molecule has 0 amide bonds. The van der Waals surface area contributed by atoms with Crippen LogP contribution in [0.1, 0.15) is 10.4 Å². The van der Waals surface area contributed by atoms with E-state index in [0.29, 0.717) is 16.3 Å². The number of nitrogens with zero attached hydrogens (tertiary/aromatic N) is 1. The Morgan fingerprint density at radius 1 is 1.30 bits per heavy atom. The highest BCUT2D eigenvalue weighted by molar-refractivity contribution is 9.10. The van der Waals surface area contributed by atoms with Gasteiger partial charge in [-0.25, -0.2) is 4.79 Å². The number of carbonyl (C=O) groups excluding carboxylic acids is 1. The molecule has 0 aliphatic heterocycles. The lowest BCUT2D eigenvalue weighted by molar-refractivity contribution is 0.0449. The van der Waals surface area contributed by atoms with Gasteiger partial charge >= 0.3 is 5.97 Å². The van der Waals surface area contributed by atoms with Gasteiger partial charge in [-0.2, -0.15) is 0 Å². The summed E-state index contributed by atoms with van der Waals surface area (Å²) in [7, 11) is 0. The van der Waals surface area contributed by atoms with Crippen molar-refractivity contribution in [3.8, 4) is 5.75 Å². The molecule has 1 heterocycles. The molecule has 6 heteroatoms. The van der Waals surface area contributed by atoms with Crippen LogP contribution in [-0.4, -0.2) is 24.2 Å². The zero-order valence-corrected chi connectivity index (χ0v) is 12.7. The second-order valence-corrected chi connectivity index (χ2v) is 5.09. The van der Waals surface area contributed by atoms with Gasteiger partial charge in [-0.05, 0) is 46.3 Å². The molecule has 0 atom stereocenters. The number of aromatic nitrogens is 1. The standard InChI is InChI=1S/C14H11BrClNO3/c15-12-8-11(16)3-4-13(12)19-6-7-20-14(18)10-2-1-5-17-9-10/h1-5,8-9H,6-7H2. The molecular formula is C14H11BrClNO3. The normalized spacial score (nSPS) is 10.1. The Morgan fingerprint density at radius 2 is 2.15 bits per heavy atom. The number of carbonyl (C=O) groups is 1. The minimum atomic E-state index is -0.420. The zero-order chi connectivity index (χ0) is 14.4. The van der Waals surface area contributed by atoms with Gasteiger partial charge in [-0.15, -0.1) is 0 Å². The van der Waals surface area contributed by atoms with Gasteiger partial charge in [0, 0.05) is 17.4 Å². The van der Waals surface area contributed by atoms with E-state index in [2.05, 4.69) is 20.9 Å². The molecule has 1 aromatic carbocycles. The second-order valence-electron chi connectivity index (χ2n) is 3.80. The van der Waals surface area contributed by atoms with E-state index in [1.54, 1.807) is 36.5 Å². The molecule has 0 bridgehead atoms. The minimum Gasteiger partial charge on any atom is -0.489 e. The highest BCUT2D eigenvalue weighted by Gasteiger charge is 2.07.